The molecular formula is C14H17NO4. The molecule has 0 saturated carbocycles. The van der Waals surface area contributed by atoms with Crippen molar-refractivity contribution in [1.82, 2.24) is 5.32 Å². The van der Waals surface area contributed by atoms with E-state index in [9.17, 15) is 9.59 Å². The Balaban J connectivity index is 2.48. The van der Waals surface area contributed by atoms with Gasteiger partial charge in [0.2, 0.25) is 0 Å². The van der Waals surface area contributed by atoms with E-state index in [1.165, 1.54) is 0 Å². The summed E-state index contributed by atoms with van der Waals surface area (Å²) in [4.78, 5) is 22.4. The van der Waals surface area contributed by atoms with Gasteiger partial charge < -0.3 is 15.2 Å². The van der Waals surface area contributed by atoms with Gasteiger partial charge in [0.15, 0.2) is 5.76 Å². The van der Waals surface area contributed by atoms with Gasteiger partial charge >= 0.3 is 5.97 Å². The number of ether oxygens (including phenoxy) is 1. The highest BCUT2D eigenvalue weighted by Gasteiger charge is 2.14. The zero-order chi connectivity index (χ0) is 14.3. The molecule has 1 unspecified atom stereocenters. The van der Waals surface area contributed by atoms with Crippen LogP contribution in [0.15, 0.2) is 42.7 Å². The standard InChI is InChI=1S/C14H17NO4/c1-3-12(19-10(2)14(17)18)9-15-13(16)11-7-5-4-6-8-11/h4-8,12H,2-3,9H2,1H3,(H,15,16)(H,17,18). The summed E-state index contributed by atoms with van der Waals surface area (Å²) in [5.41, 5.74) is 0.550. The van der Waals surface area contributed by atoms with Gasteiger partial charge in [-0.15, -0.1) is 0 Å². The van der Waals surface area contributed by atoms with Crippen molar-refractivity contribution in [1.29, 1.82) is 0 Å². The first-order chi connectivity index (χ1) is 9.04. The van der Waals surface area contributed by atoms with Gasteiger partial charge in [-0.2, -0.15) is 0 Å². The maximum Gasteiger partial charge on any atom is 0.370 e. The molecule has 102 valence electrons. The fraction of sp³-hybridized carbons (Fsp3) is 0.286. The molecule has 19 heavy (non-hydrogen) atoms. The number of rotatable bonds is 7. The number of amides is 1. The second-order valence-corrected chi connectivity index (χ2v) is 3.95. The molecule has 2 N–H and O–H groups in total. The summed E-state index contributed by atoms with van der Waals surface area (Å²) in [5.74, 6) is -1.74. The van der Waals surface area contributed by atoms with Crippen LogP contribution in [0, 0.1) is 0 Å². The Hall–Kier alpha value is -2.30. The molecular weight excluding hydrogens is 246 g/mol. The highest BCUT2D eigenvalue weighted by Crippen LogP contribution is 2.05. The normalized spacial score (nSPS) is 11.4. The molecule has 0 radical (unpaired) electrons. The maximum absolute atomic E-state index is 11.8. The van der Waals surface area contributed by atoms with Gasteiger partial charge in [0, 0.05) is 5.56 Å². The first-order valence-electron chi connectivity index (χ1n) is 5.96. The van der Waals surface area contributed by atoms with Crippen LogP contribution < -0.4 is 5.32 Å². The lowest BCUT2D eigenvalue weighted by Crippen LogP contribution is -2.33. The lowest BCUT2D eigenvalue weighted by Gasteiger charge is -2.17. The van der Waals surface area contributed by atoms with Gasteiger partial charge in [-0.1, -0.05) is 25.1 Å². The Kier molecular flexibility index (Phi) is 5.60. The molecule has 5 nitrogen and oxygen atoms in total. The molecule has 0 spiro atoms. The molecule has 0 aliphatic rings. The predicted octanol–water partition coefficient (Wildman–Crippen LogP) is 1.81. The first-order valence-corrected chi connectivity index (χ1v) is 5.96. The molecule has 0 saturated heterocycles. The van der Waals surface area contributed by atoms with Gasteiger partial charge in [-0.05, 0) is 25.1 Å². The SMILES string of the molecule is C=C(OC(CC)CNC(=O)c1ccccc1)C(=O)O. The summed E-state index contributed by atoms with van der Waals surface area (Å²) in [5, 5.41) is 11.4. The zero-order valence-corrected chi connectivity index (χ0v) is 10.8. The topological polar surface area (TPSA) is 75.6 Å². The fourth-order valence-electron chi connectivity index (χ4n) is 1.42. The van der Waals surface area contributed by atoms with E-state index in [1.54, 1.807) is 24.3 Å². The van der Waals surface area contributed by atoms with Crippen molar-refractivity contribution in [3.63, 3.8) is 0 Å². The minimum Gasteiger partial charge on any atom is -0.482 e. The predicted molar refractivity (Wildman–Crippen MR) is 70.7 cm³/mol. The van der Waals surface area contributed by atoms with Crippen LogP contribution in [0.25, 0.3) is 0 Å². The molecule has 0 aromatic heterocycles. The number of nitrogens with one attached hydrogen (secondary N) is 1. The van der Waals surface area contributed by atoms with E-state index in [0.717, 1.165) is 0 Å². The number of hydrogen-bond donors (Lipinski definition) is 2. The zero-order valence-electron chi connectivity index (χ0n) is 10.8. The Morgan fingerprint density at radius 1 is 1.37 bits per heavy atom. The Bertz CT molecular complexity index is 456. The molecule has 0 aliphatic heterocycles. The first kappa shape index (κ1) is 14.8. The summed E-state index contributed by atoms with van der Waals surface area (Å²) < 4.78 is 5.14. The third-order valence-corrected chi connectivity index (χ3v) is 2.53. The van der Waals surface area contributed by atoms with Gasteiger partial charge in [0.25, 0.3) is 5.91 Å². The van der Waals surface area contributed by atoms with Crippen LogP contribution in [0.5, 0.6) is 0 Å². The lowest BCUT2D eigenvalue weighted by molar-refractivity contribution is -0.137. The molecule has 0 bridgehead atoms. The largest absolute Gasteiger partial charge is 0.482 e. The van der Waals surface area contributed by atoms with Crippen LogP contribution in [-0.4, -0.2) is 29.6 Å². The van der Waals surface area contributed by atoms with E-state index >= 15 is 0 Å². The Morgan fingerprint density at radius 2 is 2.00 bits per heavy atom. The van der Waals surface area contributed by atoms with Crippen molar-refractivity contribution in [3.8, 4) is 0 Å². The lowest BCUT2D eigenvalue weighted by atomic mass is 10.2. The number of carboxylic acids is 1. The number of carbonyl (C=O) groups is 2. The van der Waals surface area contributed by atoms with Crippen LogP contribution >= 0.6 is 0 Å². The van der Waals surface area contributed by atoms with Gasteiger partial charge in [0.1, 0.15) is 6.10 Å². The second-order valence-electron chi connectivity index (χ2n) is 3.95. The molecule has 5 heteroatoms. The molecule has 1 rings (SSSR count). The molecule has 0 aliphatic carbocycles. The number of aliphatic carboxylic acids is 1. The highest BCUT2D eigenvalue weighted by atomic mass is 16.5. The van der Waals surface area contributed by atoms with Crippen LogP contribution in [0.2, 0.25) is 0 Å². The van der Waals surface area contributed by atoms with E-state index in [1.807, 2.05) is 13.0 Å². The summed E-state index contributed by atoms with van der Waals surface area (Å²) in [7, 11) is 0. The van der Waals surface area contributed by atoms with Crippen molar-refractivity contribution >= 4 is 11.9 Å². The van der Waals surface area contributed by atoms with E-state index in [-0.39, 0.29) is 18.2 Å². The van der Waals surface area contributed by atoms with Gasteiger partial charge in [-0.25, -0.2) is 4.79 Å². The molecule has 1 amide bonds. The number of carbonyl (C=O) groups excluding carboxylic acids is 1. The van der Waals surface area contributed by atoms with Crippen molar-refractivity contribution in [2.24, 2.45) is 0 Å². The third kappa shape index (κ3) is 4.83. The molecule has 1 aromatic rings. The molecule has 0 fully saturated rings. The fourth-order valence-corrected chi connectivity index (χ4v) is 1.42. The van der Waals surface area contributed by atoms with Crippen LogP contribution in [-0.2, 0) is 9.53 Å². The quantitative estimate of drug-likeness (QED) is 0.581. The number of hydrogen-bond acceptors (Lipinski definition) is 3. The Morgan fingerprint density at radius 3 is 2.53 bits per heavy atom. The second kappa shape index (κ2) is 7.20. The van der Waals surface area contributed by atoms with Crippen molar-refractivity contribution in [3.05, 3.63) is 48.2 Å². The summed E-state index contributed by atoms with van der Waals surface area (Å²) in [6.07, 6.45) is 0.165. The van der Waals surface area contributed by atoms with Gasteiger partial charge in [-0.3, -0.25) is 4.79 Å². The summed E-state index contributed by atoms with van der Waals surface area (Å²) >= 11 is 0. The van der Waals surface area contributed by atoms with E-state index in [0.29, 0.717) is 12.0 Å². The van der Waals surface area contributed by atoms with E-state index in [2.05, 4.69) is 11.9 Å². The summed E-state index contributed by atoms with van der Waals surface area (Å²) in [6.45, 7) is 5.37. The summed E-state index contributed by atoms with van der Waals surface area (Å²) in [6, 6.07) is 8.77. The maximum atomic E-state index is 11.8. The van der Waals surface area contributed by atoms with Gasteiger partial charge in [0.05, 0.1) is 6.54 Å². The highest BCUT2D eigenvalue weighted by molar-refractivity contribution is 5.94. The monoisotopic (exact) mass is 263 g/mol. The Labute approximate surface area is 111 Å². The third-order valence-electron chi connectivity index (χ3n) is 2.53. The average Bonchev–Trinajstić information content (AvgIpc) is 2.43. The molecule has 0 heterocycles. The number of benzene rings is 1. The number of carboxylic acid groups (broad SMARTS) is 1. The molecule has 1 atom stereocenters. The van der Waals surface area contributed by atoms with Crippen LogP contribution in [0.4, 0.5) is 0 Å². The van der Waals surface area contributed by atoms with Crippen LogP contribution in [0.1, 0.15) is 23.7 Å². The average molecular weight is 263 g/mol. The minimum absolute atomic E-state index is 0.219. The smallest absolute Gasteiger partial charge is 0.370 e. The van der Waals surface area contributed by atoms with Crippen molar-refractivity contribution < 1.29 is 19.4 Å². The van der Waals surface area contributed by atoms with Crippen molar-refractivity contribution in [2.75, 3.05) is 6.54 Å². The molecule has 1 aromatic carbocycles. The van der Waals surface area contributed by atoms with Crippen LogP contribution in [0.3, 0.4) is 0 Å². The van der Waals surface area contributed by atoms with E-state index in [4.69, 9.17) is 9.84 Å². The van der Waals surface area contributed by atoms with Crippen molar-refractivity contribution in [2.45, 2.75) is 19.4 Å². The minimum atomic E-state index is -1.20. The van der Waals surface area contributed by atoms with E-state index < -0.39 is 12.1 Å².